The zero-order valence-corrected chi connectivity index (χ0v) is 20.7. The maximum Gasteiger partial charge on any atom is 0.251 e. The van der Waals surface area contributed by atoms with Crippen molar-refractivity contribution in [2.24, 2.45) is 0 Å². The normalized spacial score (nSPS) is 17.8. The van der Waals surface area contributed by atoms with Gasteiger partial charge >= 0.3 is 0 Å². The third-order valence-electron chi connectivity index (χ3n) is 6.21. The van der Waals surface area contributed by atoms with Crippen LogP contribution in [0.1, 0.15) is 61.0 Å². The molecule has 9 heteroatoms. The average molecular weight is 489 g/mol. The van der Waals surface area contributed by atoms with E-state index in [-0.39, 0.29) is 34.9 Å². The molecule has 2 aromatic rings. The van der Waals surface area contributed by atoms with Gasteiger partial charge in [0.2, 0.25) is 10.0 Å². The largest absolute Gasteiger partial charge is 0.495 e. The third kappa shape index (κ3) is 5.31. The minimum Gasteiger partial charge on any atom is -0.495 e. The summed E-state index contributed by atoms with van der Waals surface area (Å²) in [5, 5.41) is 2.88. The smallest absolute Gasteiger partial charge is 0.251 e. The summed E-state index contributed by atoms with van der Waals surface area (Å²) in [6, 6.07) is 8.21. The maximum absolute atomic E-state index is 13.0. The number of amides is 1. The van der Waals surface area contributed by atoms with Gasteiger partial charge in [-0.25, -0.2) is 13.1 Å². The molecule has 2 aromatic carbocycles. The fourth-order valence-corrected chi connectivity index (χ4v) is 6.04. The molecular weight excluding hydrogens is 456 g/mol. The van der Waals surface area contributed by atoms with E-state index in [9.17, 15) is 13.2 Å². The van der Waals surface area contributed by atoms with Crippen molar-refractivity contribution in [2.75, 3.05) is 13.7 Å². The van der Waals surface area contributed by atoms with Gasteiger partial charge in [0.1, 0.15) is 28.2 Å². The molecule has 1 fully saturated rings. The molecule has 1 atom stereocenters. The molecule has 1 amide bonds. The minimum atomic E-state index is -3.83. The number of methoxy groups -OCH3 is 1. The standard InChI is InChI=1S/C25H32N2O6S/c1-4-32-22-12-18-11-16(2)33-23(18)13-19(22)15-26-25(28)17-9-10-21(31-3)24(14-17)34(29,30)27-20-7-5-6-8-20/h9-10,12-14,16,20,27H,4-8,11,15H2,1-3H3,(H,26,28)/t16-/m0/s1. The molecule has 0 unspecified atom stereocenters. The van der Waals surface area contributed by atoms with Gasteiger partial charge < -0.3 is 19.5 Å². The monoisotopic (exact) mass is 488 g/mol. The number of carbonyl (C=O) groups is 1. The predicted molar refractivity (Wildman–Crippen MR) is 128 cm³/mol. The molecule has 2 N–H and O–H groups in total. The lowest BCUT2D eigenvalue weighted by Crippen LogP contribution is -2.33. The Morgan fingerprint density at radius 1 is 1.15 bits per heavy atom. The predicted octanol–water partition coefficient (Wildman–Crippen LogP) is 3.57. The van der Waals surface area contributed by atoms with Crippen molar-refractivity contribution in [3.05, 3.63) is 47.0 Å². The summed E-state index contributed by atoms with van der Waals surface area (Å²) in [6.07, 6.45) is 4.55. The van der Waals surface area contributed by atoms with Crippen molar-refractivity contribution < 1.29 is 27.4 Å². The number of benzene rings is 2. The van der Waals surface area contributed by atoms with Gasteiger partial charge in [0.25, 0.3) is 5.91 Å². The molecule has 34 heavy (non-hydrogen) atoms. The lowest BCUT2D eigenvalue weighted by Gasteiger charge is -2.16. The molecular formula is C25H32N2O6S. The molecule has 1 aliphatic heterocycles. The molecule has 1 heterocycles. The van der Waals surface area contributed by atoms with E-state index in [0.717, 1.165) is 49.0 Å². The molecule has 0 radical (unpaired) electrons. The Hall–Kier alpha value is -2.78. The molecule has 4 rings (SSSR count). The molecule has 0 spiro atoms. The number of nitrogens with one attached hydrogen (secondary N) is 2. The molecule has 2 aliphatic rings. The van der Waals surface area contributed by atoms with Gasteiger partial charge in [0, 0.05) is 35.7 Å². The minimum absolute atomic E-state index is 0.0375. The summed E-state index contributed by atoms with van der Waals surface area (Å²) in [4.78, 5) is 12.9. The van der Waals surface area contributed by atoms with Gasteiger partial charge in [-0.1, -0.05) is 12.8 Å². The molecule has 0 saturated heterocycles. The zero-order valence-electron chi connectivity index (χ0n) is 19.8. The highest BCUT2D eigenvalue weighted by atomic mass is 32.2. The summed E-state index contributed by atoms with van der Waals surface area (Å²) in [5.41, 5.74) is 2.12. The summed E-state index contributed by atoms with van der Waals surface area (Å²) < 4.78 is 45.7. The van der Waals surface area contributed by atoms with Crippen LogP contribution in [0, 0.1) is 0 Å². The van der Waals surface area contributed by atoms with Crippen molar-refractivity contribution >= 4 is 15.9 Å². The Morgan fingerprint density at radius 3 is 2.62 bits per heavy atom. The summed E-state index contributed by atoms with van der Waals surface area (Å²) in [6.45, 7) is 4.64. The molecule has 1 aliphatic carbocycles. The van der Waals surface area contributed by atoms with Crippen LogP contribution in [0.4, 0.5) is 0 Å². The van der Waals surface area contributed by atoms with Crippen molar-refractivity contribution in [3.63, 3.8) is 0 Å². The van der Waals surface area contributed by atoms with E-state index in [2.05, 4.69) is 10.0 Å². The summed E-state index contributed by atoms with van der Waals surface area (Å²) in [7, 11) is -2.41. The van der Waals surface area contributed by atoms with Crippen LogP contribution < -0.4 is 24.2 Å². The van der Waals surface area contributed by atoms with Crippen molar-refractivity contribution in [1.29, 1.82) is 0 Å². The summed E-state index contributed by atoms with van der Waals surface area (Å²) >= 11 is 0. The van der Waals surface area contributed by atoms with Crippen LogP contribution in [-0.2, 0) is 23.0 Å². The SMILES string of the molecule is CCOc1cc2c(cc1CNC(=O)c1ccc(OC)c(S(=O)(=O)NC3CCCC3)c1)O[C@@H](C)C2. The van der Waals surface area contributed by atoms with E-state index < -0.39 is 15.9 Å². The number of carbonyl (C=O) groups excluding carboxylic acids is 1. The van der Waals surface area contributed by atoms with E-state index in [1.807, 2.05) is 26.0 Å². The Bertz CT molecular complexity index is 1160. The van der Waals surface area contributed by atoms with Gasteiger partial charge in [-0.3, -0.25) is 4.79 Å². The third-order valence-corrected chi connectivity index (χ3v) is 7.75. The lowest BCUT2D eigenvalue weighted by atomic mass is 10.1. The zero-order chi connectivity index (χ0) is 24.3. The average Bonchev–Trinajstić information content (AvgIpc) is 3.44. The van der Waals surface area contributed by atoms with Crippen molar-refractivity contribution in [1.82, 2.24) is 10.0 Å². The van der Waals surface area contributed by atoms with E-state index in [0.29, 0.717) is 12.4 Å². The number of rotatable bonds is 9. The Morgan fingerprint density at radius 2 is 1.91 bits per heavy atom. The van der Waals surface area contributed by atoms with E-state index >= 15 is 0 Å². The molecule has 8 nitrogen and oxygen atoms in total. The first-order valence-electron chi connectivity index (χ1n) is 11.7. The number of ether oxygens (including phenoxy) is 3. The molecule has 1 saturated carbocycles. The van der Waals surface area contributed by atoms with Crippen molar-refractivity contribution in [3.8, 4) is 17.2 Å². The first kappa shape index (κ1) is 24.3. The fourth-order valence-electron chi connectivity index (χ4n) is 4.54. The van der Waals surface area contributed by atoms with Gasteiger partial charge in [-0.15, -0.1) is 0 Å². The Labute approximate surface area is 201 Å². The second kappa shape index (κ2) is 10.2. The number of hydrogen-bond donors (Lipinski definition) is 2. The second-order valence-corrected chi connectivity index (χ2v) is 10.5. The Balaban J connectivity index is 1.53. The topological polar surface area (TPSA) is 103 Å². The highest BCUT2D eigenvalue weighted by Crippen LogP contribution is 2.35. The quantitative estimate of drug-likeness (QED) is 0.559. The van der Waals surface area contributed by atoms with Gasteiger partial charge in [0.15, 0.2) is 0 Å². The van der Waals surface area contributed by atoms with Crippen LogP contribution in [0.3, 0.4) is 0 Å². The van der Waals surface area contributed by atoms with Crippen LogP contribution in [0.25, 0.3) is 0 Å². The molecule has 0 aromatic heterocycles. The lowest BCUT2D eigenvalue weighted by molar-refractivity contribution is 0.0950. The molecule has 184 valence electrons. The van der Waals surface area contributed by atoms with Crippen LogP contribution in [0.2, 0.25) is 0 Å². The molecule has 0 bridgehead atoms. The van der Waals surface area contributed by atoms with Gasteiger partial charge in [0.05, 0.1) is 13.7 Å². The highest BCUT2D eigenvalue weighted by molar-refractivity contribution is 7.89. The number of fused-ring (bicyclic) bond motifs is 1. The van der Waals surface area contributed by atoms with Crippen LogP contribution in [0.5, 0.6) is 17.2 Å². The number of hydrogen-bond acceptors (Lipinski definition) is 6. The fraction of sp³-hybridized carbons (Fsp3) is 0.480. The maximum atomic E-state index is 13.0. The highest BCUT2D eigenvalue weighted by Gasteiger charge is 2.27. The first-order valence-corrected chi connectivity index (χ1v) is 13.2. The van der Waals surface area contributed by atoms with Crippen LogP contribution in [-0.4, -0.2) is 40.2 Å². The summed E-state index contributed by atoms with van der Waals surface area (Å²) in [5.74, 6) is 1.32. The number of sulfonamides is 1. The van der Waals surface area contributed by atoms with Gasteiger partial charge in [-0.2, -0.15) is 0 Å². The van der Waals surface area contributed by atoms with E-state index in [1.165, 1.54) is 19.2 Å². The van der Waals surface area contributed by atoms with E-state index in [1.54, 1.807) is 6.07 Å². The van der Waals surface area contributed by atoms with Crippen LogP contribution in [0.15, 0.2) is 35.2 Å². The van der Waals surface area contributed by atoms with E-state index in [4.69, 9.17) is 14.2 Å². The second-order valence-electron chi connectivity index (χ2n) is 8.78. The first-order chi connectivity index (χ1) is 16.3. The Kier molecular flexibility index (Phi) is 7.33. The van der Waals surface area contributed by atoms with Gasteiger partial charge in [-0.05, 0) is 57.0 Å². The van der Waals surface area contributed by atoms with Crippen molar-refractivity contribution in [2.45, 2.75) is 69.5 Å². The van der Waals surface area contributed by atoms with Crippen LogP contribution >= 0.6 is 0 Å².